The number of nitrogens with one attached hydrogen (secondary N) is 5. The van der Waals surface area contributed by atoms with Crippen LogP contribution in [0.3, 0.4) is 0 Å². The van der Waals surface area contributed by atoms with Crippen LogP contribution in [0.5, 0.6) is 5.75 Å². The second kappa shape index (κ2) is 53.9. The van der Waals surface area contributed by atoms with Crippen LogP contribution in [0.25, 0.3) is 32.7 Å². The number of aromatic nitrogens is 3. The van der Waals surface area contributed by atoms with Crippen LogP contribution in [-0.2, 0) is 61.9 Å². The van der Waals surface area contributed by atoms with E-state index in [0.717, 1.165) is 37.8 Å². The number of alkyl halides is 2. The standard InChI is InChI=1S/C16H19BFNO3.C12H24B2O4.C11H12BrFN2O2.C10H7BrFNO.C10H8FNO2.C7H5BrF2.C6H6BrFN2.C6H5BrFN.C4H6O3.C4H8O.CH3F.CH4.H2O2/c1-9(20)13-7-10-6-11(18)8-12(14(10)19-13)17-21-15(2,3)16(4,5)22-17;1-9(2)10(3,4)16-13(15-9)14-17-11(5,6)12(7,8)18-14;1-3-17-11(16)7(2)14-15-10-5-4-8(13)6-9(10)12;1-5(14)9-3-6-2-7(12)4-8(11)10(6)13-9;1-5(13)8-3-6-2-7(11)4-9(14)10(6)12-8;8-4-5-1-2-6(9)3-7(5)10;7-5-3-4(8)1-2-6(5)10-9;7-5-3-4(8)1-2-6(5)9;1-3(5)4(6)7-2;1-2-4-5-3-1;1-2;;1-2/h6-8,19H,1-5H3;1-8H3;4-6,15H,3H2,1-2H3;2-4,13H,1H3;2-4,12,14H,1H3;1-3H,4H2;1-3,10H,9H2;1-3H,9H2;1-2H3;1-4H2;1H3;1H4;1-2H/b;;14-7+;;;;;;;;;;/i;;;;;;;;;;1D;;. The number of phenolic OH excluding ortho intramolecular Hbond substituents is 1. The molecule has 4 saturated heterocycles. The highest BCUT2D eigenvalue weighted by atomic mass is 79.9. The van der Waals surface area contributed by atoms with E-state index in [-0.39, 0.29) is 87.7 Å². The van der Waals surface area contributed by atoms with Gasteiger partial charge in [0.05, 0.1) is 95.3 Å². The predicted octanol–water partition coefficient (Wildman–Crippen LogP) is 22.2. The minimum atomic E-state index is -1.00. The molecule has 14 rings (SSSR count). The Labute approximate surface area is 799 Å². The Morgan fingerprint density at radius 2 is 0.878 bits per heavy atom. The normalized spacial score (nSPS) is 15.1. The Bertz CT molecular complexity index is 5310. The van der Waals surface area contributed by atoms with Crippen molar-refractivity contribution >= 4 is 197 Å². The summed E-state index contributed by atoms with van der Waals surface area (Å²) in [6.07, 6.45) is 2.56. The molecule has 0 radical (unpaired) electrons. The van der Waals surface area contributed by atoms with Crippen molar-refractivity contribution in [3.63, 3.8) is 0 Å². The summed E-state index contributed by atoms with van der Waals surface area (Å²) in [5, 5.41) is 27.4. The number of nitrogens with zero attached hydrogens (tertiary/aromatic N) is 1. The van der Waals surface area contributed by atoms with Crippen molar-refractivity contribution in [2.24, 2.45) is 10.9 Å². The van der Waals surface area contributed by atoms with E-state index in [1.165, 1.54) is 145 Å². The molecule has 7 aromatic carbocycles. The quantitative estimate of drug-likeness (QED) is 0.00464. The van der Waals surface area contributed by atoms with Crippen molar-refractivity contribution in [2.45, 2.75) is 184 Å². The van der Waals surface area contributed by atoms with Gasteiger partial charge in [-0.25, -0.2) is 44.7 Å². The largest absolute Gasteiger partial charge is 0.506 e. The van der Waals surface area contributed by atoms with Crippen LogP contribution in [-0.4, -0.2) is 160 Å². The number of aromatic amines is 3. The van der Waals surface area contributed by atoms with Crippen molar-refractivity contribution < 1.29 is 127 Å². The van der Waals surface area contributed by atoms with Crippen LogP contribution in [0, 0.1) is 46.5 Å². The maximum atomic E-state index is 13.9. The number of nitrogen functional groups attached to an aromatic ring is 2. The van der Waals surface area contributed by atoms with E-state index < -0.39 is 74.7 Å². The molecule has 4 fully saturated rings. The van der Waals surface area contributed by atoms with Gasteiger partial charge in [0.2, 0.25) is 5.78 Å². The maximum absolute atomic E-state index is 13.9. The van der Waals surface area contributed by atoms with Crippen LogP contribution >= 0.6 is 79.6 Å². The Morgan fingerprint density at radius 1 is 0.511 bits per heavy atom. The van der Waals surface area contributed by atoms with Gasteiger partial charge in [0.1, 0.15) is 58.0 Å². The van der Waals surface area contributed by atoms with Gasteiger partial charge in [0.15, 0.2) is 17.3 Å². The Balaban J connectivity index is 0.000000503. The molecule has 10 aromatic rings. The summed E-state index contributed by atoms with van der Waals surface area (Å²) in [7, 11) is -1.46. The average molecular weight is 2170 g/mol. The SMILES string of the molecule is C.C1CCOC1.CC(=O)c1cc2cc(F)cc(B3OC(C)(C)C(C)(C)O3)c2[nH]1.CC(=O)c1cc2cc(F)cc(Br)c2[nH]1.CC(=O)c1cc2cc(F)cc(O)c2[nH]1.CC1(C)OB(B2OC(C)(C)C(C)(C)O2)OC1(C)C.CCOC(=O)/C(C)=N/Nc1ccc(F)cc1Br.COC(=O)C(C)=O.Fc1ccc(CBr)c(F)c1.NNc1ccc(F)cc1Br.Nc1ccc(F)cc1Br.OO.[2H]CF. The number of fused-ring (bicyclic) bond motifs is 3. The van der Waals surface area contributed by atoms with Gasteiger partial charge in [-0.1, -0.05) is 29.4 Å². The first-order valence-corrected chi connectivity index (χ1v) is 43.4. The number of benzene rings is 7. The number of halogens is 14. The lowest BCUT2D eigenvalue weighted by atomic mass is 9.49. The summed E-state index contributed by atoms with van der Waals surface area (Å²) in [5.74, 6) is -0.441. The first-order chi connectivity index (χ1) is 60.9. The topological polar surface area (TPSA) is 382 Å². The van der Waals surface area contributed by atoms with E-state index in [4.69, 9.17) is 60.9 Å². The monoisotopic (exact) mass is 2170 g/mol. The minimum Gasteiger partial charge on any atom is -0.506 e. The van der Waals surface area contributed by atoms with Gasteiger partial charge >= 0.3 is 33.1 Å². The van der Waals surface area contributed by atoms with E-state index in [1.54, 1.807) is 25.1 Å². The number of carbonyl (C=O) groups is 6. The molecule has 7 heterocycles. The number of Topliss-reactive ketones (excluding diaryl/α,β-unsaturated/α-hetero) is 4. The van der Waals surface area contributed by atoms with Crippen LogP contribution in [0.4, 0.5) is 56.6 Å². The smallest absolute Gasteiger partial charge is 0.497 e. The number of methoxy groups -OCH3 is 1. The average Bonchev–Trinajstić information content (AvgIpc) is 1.60. The molecular weight excluding hydrogens is 2060 g/mol. The second-order valence-electron chi connectivity index (χ2n) is 31.1. The van der Waals surface area contributed by atoms with Gasteiger partial charge in [-0.3, -0.25) is 45.4 Å². The molecule has 3 aromatic heterocycles. The number of phenols is 1. The summed E-state index contributed by atoms with van der Waals surface area (Å²) in [6, 6.07) is 28.6. The molecule has 4 aliphatic rings. The van der Waals surface area contributed by atoms with E-state index in [0.29, 0.717) is 102 Å². The summed E-state index contributed by atoms with van der Waals surface area (Å²) in [6.45, 7) is 35.0. The third-order valence-corrected chi connectivity index (χ3v) is 23.0. The van der Waals surface area contributed by atoms with Crippen LogP contribution in [0.1, 0.15) is 183 Å². The van der Waals surface area contributed by atoms with Crippen LogP contribution < -0.4 is 27.9 Å². The highest BCUT2D eigenvalue weighted by Gasteiger charge is 2.64. The molecule has 0 atom stereocenters. The molecule has 0 saturated carbocycles. The number of hydrazone groups is 1. The fourth-order valence-electron chi connectivity index (χ4n) is 10.7. The van der Waals surface area contributed by atoms with Gasteiger partial charge < -0.3 is 73.4 Å². The van der Waals surface area contributed by atoms with Crippen molar-refractivity contribution in [3.8, 4) is 5.75 Å². The summed E-state index contributed by atoms with van der Waals surface area (Å²) >= 11 is 15.7. The molecule has 0 amide bonds. The highest BCUT2D eigenvalue weighted by Crippen LogP contribution is 2.44. The lowest BCUT2D eigenvalue weighted by Gasteiger charge is -2.32. The molecular formula is C88H109B3Br5F9N8O18. The third-order valence-electron chi connectivity index (χ3n) is 19.8. The molecule has 0 unspecified atom stereocenters. The number of hydrogen-bond acceptors (Lipinski definition) is 23. The molecule has 43 heteroatoms. The number of hydrogen-bond donors (Lipinski definition) is 10. The van der Waals surface area contributed by atoms with Gasteiger partial charge in [-0.2, -0.15) is 5.10 Å². The van der Waals surface area contributed by atoms with Gasteiger partial charge in [-0.05, 0) is 288 Å². The number of anilines is 3. The molecule has 131 heavy (non-hydrogen) atoms. The number of rotatable bonds is 12. The van der Waals surface area contributed by atoms with Crippen LogP contribution in [0.15, 0.2) is 150 Å². The summed E-state index contributed by atoms with van der Waals surface area (Å²) < 4.78 is 169. The molecule has 4 aliphatic heterocycles. The first kappa shape index (κ1) is 116. The number of nitrogens with two attached hydrogens (primary N) is 2. The first-order valence-electron chi connectivity index (χ1n) is 39.8. The zero-order chi connectivity index (χ0) is 99.8. The molecule has 0 aliphatic carbocycles. The summed E-state index contributed by atoms with van der Waals surface area (Å²) in [4.78, 5) is 73.4. The molecule has 0 spiro atoms. The lowest BCUT2D eigenvalue weighted by Crippen LogP contribution is -2.41. The zero-order valence-corrected chi connectivity index (χ0v) is 82.6. The summed E-state index contributed by atoms with van der Waals surface area (Å²) in [5.41, 5.74) is 14.1. The van der Waals surface area contributed by atoms with E-state index in [1.807, 2.05) is 83.1 Å². The van der Waals surface area contributed by atoms with Crippen LogP contribution in [0.2, 0.25) is 0 Å². The van der Waals surface area contributed by atoms with E-state index in [9.17, 15) is 73.4 Å². The molecule has 0 bridgehead atoms. The van der Waals surface area contributed by atoms with Gasteiger partial charge in [-0.15, -0.1) is 0 Å². The lowest BCUT2D eigenvalue weighted by molar-refractivity contribution is -0.176. The van der Waals surface area contributed by atoms with Gasteiger partial charge in [0, 0.05) is 109 Å². The van der Waals surface area contributed by atoms with E-state index >= 15 is 0 Å². The number of ether oxygens (including phenoxy) is 3. The number of H-pyrrole nitrogens is 3. The number of aromatic hydroxyl groups is 1. The van der Waals surface area contributed by atoms with Crippen molar-refractivity contribution in [1.82, 2.24) is 15.0 Å². The maximum Gasteiger partial charge on any atom is 0.497 e. The third kappa shape index (κ3) is 35.8. The van der Waals surface area contributed by atoms with E-state index in [2.05, 4.69) is 115 Å². The fourth-order valence-corrected chi connectivity index (χ4v) is 13.0. The fraction of sp³-hybridized carbons (Fsp3) is 0.375. The Morgan fingerprint density at radius 3 is 1.24 bits per heavy atom. The Kier molecular flexibility index (Phi) is 47.9. The molecule has 716 valence electrons. The molecule has 26 nitrogen and oxygen atoms in total. The predicted molar refractivity (Wildman–Crippen MR) is 511 cm³/mol. The van der Waals surface area contributed by atoms with Gasteiger partial charge in [0.25, 0.3) is 0 Å². The molecule has 12 N–H and O–H groups in total. The van der Waals surface area contributed by atoms with Crippen molar-refractivity contribution in [2.75, 3.05) is 50.7 Å². The number of esters is 2. The number of ketones is 4. The Hall–Kier alpha value is -8.79. The highest BCUT2D eigenvalue weighted by molar-refractivity contribution is 9.11. The number of hydrazine groups is 1. The number of carbonyl (C=O) groups excluding carboxylic acids is 6. The van der Waals surface area contributed by atoms with Crippen molar-refractivity contribution in [1.29, 1.82) is 0 Å². The minimum absolute atomic E-state index is 0. The second-order valence-corrected chi connectivity index (χ2v) is 35.1. The zero-order valence-electron chi connectivity index (χ0n) is 75.7. The van der Waals surface area contributed by atoms with Crippen molar-refractivity contribution in [3.05, 3.63) is 214 Å².